The predicted octanol–water partition coefficient (Wildman–Crippen LogP) is 2.51. The van der Waals surface area contributed by atoms with Crippen molar-refractivity contribution in [2.45, 2.75) is 39.7 Å². The summed E-state index contributed by atoms with van der Waals surface area (Å²) < 4.78 is 0. The molecule has 2 aromatic heterocycles. The van der Waals surface area contributed by atoms with Crippen LogP contribution < -0.4 is 5.32 Å². The second kappa shape index (κ2) is 6.50. The average Bonchev–Trinajstić information content (AvgIpc) is 3.09. The monoisotopic (exact) mass is 313 g/mol. The van der Waals surface area contributed by atoms with Gasteiger partial charge in [0.05, 0.1) is 35.4 Å². The van der Waals surface area contributed by atoms with Crippen LogP contribution in [0.5, 0.6) is 0 Å². The Morgan fingerprint density at radius 2 is 2.22 bits per heavy atom. The lowest BCUT2D eigenvalue weighted by molar-refractivity contribution is -0.117. The number of hydrogen-bond acceptors (Lipinski definition) is 4. The van der Waals surface area contributed by atoms with Gasteiger partial charge in [0.25, 0.3) is 0 Å². The van der Waals surface area contributed by atoms with E-state index in [0.717, 1.165) is 47.8 Å². The fraction of sp³-hybridized carbons (Fsp3) is 0.471. The molecule has 0 saturated carbocycles. The maximum Gasteiger partial charge on any atom is 0.238 e. The number of likely N-dealkylation sites (tertiary alicyclic amines) is 1. The van der Waals surface area contributed by atoms with Crippen LogP contribution >= 0.6 is 0 Å². The van der Waals surface area contributed by atoms with Crippen LogP contribution in [0.25, 0.3) is 0 Å². The van der Waals surface area contributed by atoms with Crippen molar-refractivity contribution in [3.8, 4) is 0 Å². The molecule has 0 bridgehead atoms. The smallest absolute Gasteiger partial charge is 0.238 e. The molecule has 0 aliphatic carbocycles. The zero-order valence-electron chi connectivity index (χ0n) is 13.9. The van der Waals surface area contributed by atoms with Gasteiger partial charge >= 0.3 is 0 Å². The Morgan fingerprint density at radius 1 is 1.39 bits per heavy atom. The lowest BCUT2D eigenvalue weighted by Gasteiger charge is -2.23. The molecule has 122 valence electrons. The molecule has 2 aromatic rings. The summed E-state index contributed by atoms with van der Waals surface area (Å²) in [6, 6.07) is 6.32. The molecule has 3 rings (SSSR count). The molecular weight excluding hydrogens is 290 g/mol. The molecular formula is C17H23N5O. The lowest BCUT2D eigenvalue weighted by Crippen LogP contribution is -2.33. The summed E-state index contributed by atoms with van der Waals surface area (Å²) in [6.45, 7) is 7.10. The second-order valence-electron chi connectivity index (χ2n) is 6.19. The fourth-order valence-corrected chi connectivity index (χ4v) is 3.20. The van der Waals surface area contributed by atoms with Gasteiger partial charge in [0.2, 0.25) is 5.91 Å². The Morgan fingerprint density at radius 3 is 2.91 bits per heavy atom. The summed E-state index contributed by atoms with van der Waals surface area (Å²) >= 11 is 0. The van der Waals surface area contributed by atoms with Crippen molar-refractivity contribution in [2.24, 2.45) is 0 Å². The second-order valence-corrected chi connectivity index (χ2v) is 6.19. The van der Waals surface area contributed by atoms with Crippen molar-refractivity contribution in [2.75, 3.05) is 18.4 Å². The number of aromatic nitrogens is 3. The van der Waals surface area contributed by atoms with Crippen molar-refractivity contribution >= 4 is 11.6 Å². The van der Waals surface area contributed by atoms with Crippen LogP contribution in [-0.2, 0) is 4.79 Å². The van der Waals surface area contributed by atoms with Crippen molar-refractivity contribution in [1.82, 2.24) is 20.1 Å². The highest BCUT2D eigenvalue weighted by Crippen LogP contribution is 2.30. The molecule has 0 aromatic carbocycles. The SMILES string of the molecule is Cc1cccc(C2CCCN2CC(=O)Nc2c(C)n[nH]c2C)n1. The average molecular weight is 313 g/mol. The van der Waals surface area contributed by atoms with E-state index in [-0.39, 0.29) is 11.9 Å². The highest BCUT2D eigenvalue weighted by Gasteiger charge is 2.28. The zero-order valence-corrected chi connectivity index (χ0v) is 13.9. The molecule has 1 fully saturated rings. The van der Waals surface area contributed by atoms with Gasteiger partial charge in [-0.25, -0.2) is 0 Å². The van der Waals surface area contributed by atoms with Crippen LogP contribution in [0.4, 0.5) is 5.69 Å². The van der Waals surface area contributed by atoms with E-state index in [1.807, 2.05) is 32.9 Å². The number of carbonyl (C=O) groups is 1. The molecule has 2 N–H and O–H groups in total. The fourth-order valence-electron chi connectivity index (χ4n) is 3.20. The van der Waals surface area contributed by atoms with E-state index in [1.165, 1.54) is 0 Å². The number of nitrogens with zero attached hydrogens (tertiary/aromatic N) is 3. The zero-order chi connectivity index (χ0) is 16.4. The van der Waals surface area contributed by atoms with Crippen LogP contribution in [0.3, 0.4) is 0 Å². The van der Waals surface area contributed by atoms with Crippen molar-refractivity contribution in [3.63, 3.8) is 0 Å². The molecule has 6 heteroatoms. The number of H-pyrrole nitrogens is 1. The number of rotatable bonds is 4. The first-order chi connectivity index (χ1) is 11.0. The van der Waals surface area contributed by atoms with Crippen LogP contribution in [0.2, 0.25) is 0 Å². The number of hydrogen-bond donors (Lipinski definition) is 2. The lowest BCUT2D eigenvalue weighted by atomic mass is 10.1. The molecule has 23 heavy (non-hydrogen) atoms. The highest BCUT2D eigenvalue weighted by molar-refractivity contribution is 5.93. The van der Waals surface area contributed by atoms with E-state index >= 15 is 0 Å². The number of aromatic amines is 1. The van der Waals surface area contributed by atoms with Gasteiger partial charge in [-0.1, -0.05) is 6.07 Å². The normalized spacial score (nSPS) is 18.3. The topological polar surface area (TPSA) is 73.9 Å². The third kappa shape index (κ3) is 3.42. The van der Waals surface area contributed by atoms with Crippen LogP contribution in [0.15, 0.2) is 18.2 Å². The molecule has 0 spiro atoms. The molecule has 1 aliphatic rings. The van der Waals surface area contributed by atoms with Gasteiger partial charge in [-0.05, 0) is 52.3 Å². The van der Waals surface area contributed by atoms with E-state index < -0.39 is 0 Å². The third-order valence-electron chi connectivity index (χ3n) is 4.35. The molecule has 1 amide bonds. The molecule has 1 saturated heterocycles. The Balaban J connectivity index is 1.68. The summed E-state index contributed by atoms with van der Waals surface area (Å²) in [7, 11) is 0. The minimum Gasteiger partial charge on any atom is -0.322 e. The van der Waals surface area contributed by atoms with Crippen LogP contribution in [-0.4, -0.2) is 39.1 Å². The maximum atomic E-state index is 12.4. The van der Waals surface area contributed by atoms with Gasteiger partial charge in [-0.2, -0.15) is 5.10 Å². The highest BCUT2D eigenvalue weighted by atomic mass is 16.2. The van der Waals surface area contributed by atoms with E-state index in [1.54, 1.807) is 0 Å². The molecule has 1 atom stereocenters. The minimum atomic E-state index is -0.00264. The third-order valence-corrected chi connectivity index (χ3v) is 4.35. The van der Waals surface area contributed by atoms with Gasteiger partial charge in [0, 0.05) is 5.69 Å². The van der Waals surface area contributed by atoms with Gasteiger partial charge < -0.3 is 5.32 Å². The quantitative estimate of drug-likeness (QED) is 0.909. The standard InChI is InChI=1S/C17H23N5O/c1-11-6-4-7-14(18-11)15-8-5-9-22(15)10-16(23)19-17-12(2)20-21-13(17)3/h4,6-7,15H,5,8-10H2,1-3H3,(H,19,23)(H,20,21). The van der Waals surface area contributed by atoms with E-state index in [9.17, 15) is 4.79 Å². The van der Waals surface area contributed by atoms with Crippen LogP contribution in [0.1, 0.15) is 41.7 Å². The first-order valence-corrected chi connectivity index (χ1v) is 8.03. The first kappa shape index (κ1) is 15.7. The van der Waals surface area contributed by atoms with Gasteiger partial charge in [-0.15, -0.1) is 0 Å². The predicted molar refractivity (Wildman–Crippen MR) is 89.2 cm³/mol. The Bertz CT molecular complexity index is 689. The van der Waals surface area contributed by atoms with Crippen molar-refractivity contribution in [3.05, 3.63) is 41.0 Å². The van der Waals surface area contributed by atoms with E-state index in [2.05, 4.69) is 31.5 Å². The number of anilines is 1. The first-order valence-electron chi connectivity index (χ1n) is 8.03. The number of amides is 1. The van der Waals surface area contributed by atoms with Crippen molar-refractivity contribution < 1.29 is 4.79 Å². The summed E-state index contributed by atoms with van der Waals surface area (Å²) in [4.78, 5) is 19.2. The van der Waals surface area contributed by atoms with E-state index in [0.29, 0.717) is 6.54 Å². The van der Waals surface area contributed by atoms with Gasteiger partial charge in [-0.3, -0.25) is 19.8 Å². The maximum absolute atomic E-state index is 12.4. The molecule has 1 aliphatic heterocycles. The van der Waals surface area contributed by atoms with Gasteiger partial charge in [0.15, 0.2) is 0 Å². The van der Waals surface area contributed by atoms with Crippen molar-refractivity contribution in [1.29, 1.82) is 0 Å². The summed E-state index contributed by atoms with van der Waals surface area (Å²) in [5.41, 5.74) is 4.57. The Hall–Kier alpha value is -2.21. The van der Waals surface area contributed by atoms with E-state index in [4.69, 9.17) is 0 Å². The number of aryl methyl sites for hydroxylation is 3. The molecule has 6 nitrogen and oxygen atoms in total. The number of carbonyl (C=O) groups excluding carboxylic acids is 1. The molecule has 1 unspecified atom stereocenters. The largest absolute Gasteiger partial charge is 0.322 e. The van der Waals surface area contributed by atoms with Crippen LogP contribution in [0, 0.1) is 20.8 Å². The summed E-state index contributed by atoms with van der Waals surface area (Å²) in [5, 5.41) is 9.97. The summed E-state index contributed by atoms with van der Waals surface area (Å²) in [5.74, 6) is -0.00264. The molecule has 0 radical (unpaired) electrons. The summed E-state index contributed by atoms with van der Waals surface area (Å²) in [6.07, 6.45) is 2.14. The number of pyridine rings is 1. The number of nitrogens with one attached hydrogen (secondary N) is 2. The van der Waals surface area contributed by atoms with Gasteiger partial charge in [0.1, 0.15) is 0 Å². The molecule has 3 heterocycles. The Labute approximate surface area is 136 Å². The minimum absolute atomic E-state index is 0.00264. The Kier molecular flexibility index (Phi) is 4.43.